The Labute approximate surface area is 292 Å². The van der Waals surface area contributed by atoms with E-state index in [-0.39, 0.29) is 6.09 Å². The number of amides is 2. The van der Waals surface area contributed by atoms with Gasteiger partial charge >= 0.3 is 12.2 Å². The van der Waals surface area contributed by atoms with Crippen LogP contribution >= 0.6 is 93.9 Å². The summed E-state index contributed by atoms with van der Waals surface area (Å²) in [6.45, 7) is 1.89. The molecule has 2 aliphatic heterocycles. The van der Waals surface area contributed by atoms with Crippen LogP contribution in [0.5, 0.6) is 0 Å². The molecule has 0 aliphatic carbocycles. The number of thioether (sulfide) groups is 7. The van der Waals surface area contributed by atoms with E-state index in [0.717, 1.165) is 57.8 Å². The van der Waals surface area contributed by atoms with Crippen LogP contribution in [0.25, 0.3) is 0 Å². The van der Waals surface area contributed by atoms with Gasteiger partial charge in [-0.15, -0.1) is 46.9 Å². The lowest BCUT2D eigenvalue weighted by Crippen LogP contribution is -2.25. The lowest BCUT2D eigenvalue weighted by Gasteiger charge is -2.07. The van der Waals surface area contributed by atoms with Gasteiger partial charge in [-0.3, -0.25) is 0 Å². The zero-order valence-electron chi connectivity index (χ0n) is 24.8. The zero-order chi connectivity index (χ0) is 31.1. The Bertz CT molecular complexity index is 1120. The Morgan fingerprint density at radius 1 is 0.698 bits per heavy atom. The first kappa shape index (κ1) is 38.8. The van der Waals surface area contributed by atoms with Crippen molar-refractivity contribution in [2.45, 2.75) is 57.8 Å². The van der Waals surface area contributed by atoms with E-state index >= 15 is 0 Å². The second-order valence-electron chi connectivity index (χ2n) is 8.67. The van der Waals surface area contributed by atoms with Crippen LogP contribution in [0.4, 0.5) is 9.59 Å². The minimum Gasteiger partial charge on any atom is -0.450 e. The van der Waals surface area contributed by atoms with Crippen molar-refractivity contribution in [1.29, 1.82) is 0 Å². The number of carbonyl (C=O) groups excluding carboxylic acids is 2. The fourth-order valence-corrected chi connectivity index (χ4v) is 12.6. The van der Waals surface area contributed by atoms with Crippen LogP contribution in [0.3, 0.4) is 0 Å². The third kappa shape index (κ3) is 16.7. The molecule has 0 radical (unpaired) electrons. The molecule has 238 valence electrons. The lowest BCUT2D eigenvalue weighted by molar-refractivity contribution is 0.143. The van der Waals surface area contributed by atoms with Crippen molar-refractivity contribution >= 4 is 106 Å². The molecule has 0 saturated heterocycles. The summed E-state index contributed by atoms with van der Waals surface area (Å²) >= 11 is 18.6. The smallest absolute Gasteiger partial charge is 0.407 e. The van der Waals surface area contributed by atoms with Crippen LogP contribution in [0, 0.1) is 23.7 Å². The summed E-state index contributed by atoms with van der Waals surface area (Å²) in [6.07, 6.45) is 12.9. The largest absolute Gasteiger partial charge is 0.450 e. The van der Waals surface area contributed by atoms with Crippen molar-refractivity contribution in [1.82, 2.24) is 10.6 Å². The molecule has 0 aromatic heterocycles. The van der Waals surface area contributed by atoms with Crippen molar-refractivity contribution in [3.63, 3.8) is 0 Å². The maximum absolute atomic E-state index is 12.0. The number of alkyl halides is 1. The van der Waals surface area contributed by atoms with Gasteiger partial charge in [0.2, 0.25) is 0 Å². The predicted molar refractivity (Wildman–Crippen MR) is 199 cm³/mol. The zero-order valence-corrected chi connectivity index (χ0v) is 31.2. The number of carbonyl (C=O) groups is 2. The Morgan fingerprint density at radius 2 is 1.19 bits per heavy atom. The van der Waals surface area contributed by atoms with Gasteiger partial charge in [-0.05, 0) is 75.6 Å². The van der Waals surface area contributed by atoms with E-state index in [1.165, 1.54) is 26.1 Å². The van der Waals surface area contributed by atoms with Gasteiger partial charge in [0.1, 0.15) is 0 Å². The summed E-state index contributed by atoms with van der Waals surface area (Å²) in [5.41, 5.74) is 0. The number of allylic oxidation sites excluding steroid dienone is 1. The van der Waals surface area contributed by atoms with Crippen molar-refractivity contribution < 1.29 is 19.1 Å². The molecule has 0 aromatic carbocycles. The molecule has 0 bridgehead atoms. The third-order valence-corrected chi connectivity index (χ3v) is 15.4. The van der Waals surface area contributed by atoms with Gasteiger partial charge in [-0.25, -0.2) is 9.59 Å². The molecule has 14 heteroatoms. The lowest BCUT2D eigenvalue weighted by atomic mass is 10.2. The van der Waals surface area contributed by atoms with Crippen LogP contribution in [0.15, 0.2) is 26.1 Å². The van der Waals surface area contributed by atoms with Gasteiger partial charge in [0.15, 0.2) is 0 Å². The summed E-state index contributed by atoms with van der Waals surface area (Å²) in [7, 11) is 0. The highest BCUT2D eigenvalue weighted by Gasteiger charge is 2.29. The van der Waals surface area contributed by atoms with E-state index in [1.54, 1.807) is 0 Å². The number of ether oxygens (including phenoxy) is 2. The minimum absolute atomic E-state index is 0.358. The molecule has 2 rings (SSSR count). The Kier molecular flexibility index (Phi) is 22.4. The van der Waals surface area contributed by atoms with Crippen molar-refractivity contribution in [3.05, 3.63) is 26.1 Å². The molecule has 43 heavy (non-hydrogen) atoms. The second-order valence-corrected chi connectivity index (χ2v) is 17.0. The van der Waals surface area contributed by atoms with Gasteiger partial charge in [0, 0.05) is 36.7 Å². The maximum Gasteiger partial charge on any atom is 0.407 e. The molecule has 2 heterocycles. The van der Waals surface area contributed by atoms with Crippen LogP contribution in [-0.2, 0) is 9.47 Å². The average molecular weight is 740 g/mol. The van der Waals surface area contributed by atoms with Gasteiger partial charge in [-0.1, -0.05) is 58.9 Å². The van der Waals surface area contributed by atoms with E-state index < -0.39 is 6.09 Å². The van der Waals surface area contributed by atoms with Gasteiger partial charge in [0.05, 0.1) is 34.4 Å². The first-order chi connectivity index (χ1) is 21.0. The highest BCUT2D eigenvalue weighted by Crippen LogP contribution is 2.64. The molecular formula is C29H39ClN2O4S7. The van der Waals surface area contributed by atoms with E-state index in [2.05, 4.69) is 53.1 Å². The topological polar surface area (TPSA) is 76.7 Å². The van der Waals surface area contributed by atoms with Crippen molar-refractivity contribution in [3.8, 4) is 23.7 Å². The van der Waals surface area contributed by atoms with Crippen LogP contribution in [0.1, 0.15) is 57.8 Å². The normalized spacial score (nSPS) is 14.3. The molecular weight excluding hydrogens is 700 g/mol. The number of halogens is 1. The second kappa shape index (κ2) is 24.8. The average Bonchev–Trinajstić information content (AvgIpc) is 3.63. The minimum atomic E-state index is -0.401. The Hall–Kier alpha value is -0.380. The predicted octanol–water partition coefficient (Wildman–Crippen LogP) is 9.67. The number of nitrogens with one attached hydrogen (secondary N) is 2. The molecule has 2 amide bonds. The van der Waals surface area contributed by atoms with Crippen molar-refractivity contribution in [2.75, 3.05) is 51.0 Å². The number of unbranched alkanes of at least 4 members (excludes halogenated alkanes) is 4. The van der Waals surface area contributed by atoms with E-state index in [9.17, 15) is 9.59 Å². The maximum atomic E-state index is 12.0. The summed E-state index contributed by atoms with van der Waals surface area (Å²) in [6, 6.07) is 0. The van der Waals surface area contributed by atoms with Gasteiger partial charge < -0.3 is 20.1 Å². The Balaban J connectivity index is 1.47. The molecule has 2 aliphatic rings. The highest BCUT2D eigenvalue weighted by atomic mass is 35.5. The summed E-state index contributed by atoms with van der Waals surface area (Å²) in [4.78, 5) is 24.8. The van der Waals surface area contributed by atoms with E-state index in [1.807, 2.05) is 82.3 Å². The monoisotopic (exact) mass is 738 g/mol. The summed E-state index contributed by atoms with van der Waals surface area (Å²) in [5.74, 6) is 12.3. The first-order valence-electron chi connectivity index (χ1n) is 13.9. The molecule has 0 unspecified atom stereocenters. The standard InChI is InChI=1S/C29H39ClN2O4S7/c1-37-23-22(40-26(41-23)27-42-24(38-2)25(39-3)43-27)16-14-18-31-28(33)35-20-12-10-8-6-4-5-7-9-11-13-21-36-29(34)32-19-15-17-30/h8-21H2,1-3H3,(H,31,33)(H,32,34). The number of rotatable bonds is 18. The SMILES string of the molecule is CSC1=C(CCCNC(=O)OCCCCC#CC#CCCCCOC(=O)NCCCCl)SC(=C2SC(SC)=C(SC)S2)S1. The first-order valence-corrected chi connectivity index (χ1v) is 21.4. The molecule has 0 saturated carbocycles. The van der Waals surface area contributed by atoms with Crippen molar-refractivity contribution in [2.24, 2.45) is 0 Å². The molecule has 2 N–H and O–H groups in total. The van der Waals surface area contributed by atoms with E-state index in [0.29, 0.717) is 32.2 Å². The van der Waals surface area contributed by atoms with Gasteiger partial charge in [0.25, 0.3) is 0 Å². The quantitative estimate of drug-likeness (QED) is 0.0802. The fourth-order valence-electron chi connectivity index (χ4n) is 3.29. The van der Waals surface area contributed by atoms with E-state index in [4.69, 9.17) is 21.1 Å². The number of hydrogen-bond acceptors (Lipinski definition) is 11. The summed E-state index contributed by atoms with van der Waals surface area (Å²) in [5, 5.41) is 5.51. The molecule has 0 atom stereocenters. The van der Waals surface area contributed by atoms with Gasteiger partial charge in [-0.2, -0.15) is 0 Å². The number of alkyl carbamates (subject to hydrolysis) is 2. The number of hydrogen-bond donors (Lipinski definition) is 2. The molecule has 0 aromatic rings. The molecule has 0 spiro atoms. The third-order valence-electron chi connectivity index (χ3n) is 5.42. The van der Waals surface area contributed by atoms with Crippen LogP contribution < -0.4 is 10.6 Å². The molecule has 0 fully saturated rings. The Morgan fingerprint density at radius 3 is 1.70 bits per heavy atom. The molecule has 6 nitrogen and oxygen atoms in total. The highest BCUT2D eigenvalue weighted by molar-refractivity contribution is 8.43. The van der Waals surface area contributed by atoms with Crippen LogP contribution in [-0.4, -0.2) is 63.1 Å². The van der Waals surface area contributed by atoms with Crippen LogP contribution in [0.2, 0.25) is 0 Å². The fraction of sp³-hybridized carbons (Fsp3) is 0.586. The summed E-state index contributed by atoms with van der Waals surface area (Å²) < 4.78 is 17.3.